The van der Waals surface area contributed by atoms with Gasteiger partial charge in [0.15, 0.2) is 16.7 Å². The van der Waals surface area contributed by atoms with Crippen molar-refractivity contribution in [2.75, 3.05) is 23.3 Å². The molecule has 190 valence electrons. The first-order valence-corrected chi connectivity index (χ1v) is 11.9. The molecule has 0 aliphatic carbocycles. The third-order valence-corrected chi connectivity index (χ3v) is 6.04. The fourth-order valence-corrected chi connectivity index (χ4v) is 4.43. The number of alkyl halides is 3. The highest BCUT2D eigenvalue weighted by Gasteiger charge is 2.31. The molecule has 0 bridgehead atoms. The van der Waals surface area contributed by atoms with Crippen molar-refractivity contribution in [3.05, 3.63) is 65.0 Å². The molecule has 1 fully saturated rings. The molecule has 0 amide bonds. The molecule has 3 aromatic rings. The second-order valence-corrected chi connectivity index (χ2v) is 9.01. The van der Waals surface area contributed by atoms with Gasteiger partial charge in [0.25, 0.3) is 0 Å². The maximum absolute atomic E-state index is 12.4. The highest BCUT2D eigenvalue weighted by atomic mass is 35.5. The standard InChI is InChI=1S/C23H20Cl2F3N5O2S/c24-17-11-16(35-23(26,27)28)5-6-18(17)34-19-7-9-30-21(20(19)25)33-10-2-4-15(13-33)32-22(36)31-14-3-1-8-29-12-14/h1,3,5-9,11-12,15H,2,4,10,13H2,(H2,31,32,36). The SMILES string of the molecule is FC(F)(F)Oc1ccc(Oc2ccnc(N3CCCC(NC(=S)Nc4cccnc4)C3)c2Cl)c(Cl)c1. The van der Waals surface area contributed by atoms with Crippen molar-refractivity contribution < 1.29 is 22.6 Å². The molecule has 1 aromatic carbocycles. The predicted octanol–water partition coefficient (Wildman–Crippen LogP) is 6.43. The zero-order valence-corrected chi connectivity index (χ0v) is 20.9. The topological polar surface area (TPSA) is 71.5 Å². The fourth-order valence-electron chi connectivity index (χ4n) is 3.67. The van der Waals surface area contributed by atoms with Crippen molar-refractivity contribution in [2.45, 2.75) is 25.2 Å². The number of benzene rings is 1. The van der Waals surface area contributed by atoms with E-state index in [1.807, 2.05) is 17.0 Å². The number of piperidine rings is 1. The molecule has 1 unspecified atom stereocenters. The van der Waals surface area contributed by atoms with Gasteiger partial charge in [0.05, 0.1) is 16.9 Å². The van der Waals surface area contributed by atoms with Gasteiger partial charge in [0.2, 0.25) is 0 Å². The zero-order valence-electron chi connectivity index (χ0n) is 18.6. The molecule has 1 saturated heterocycles. The summed E-state index contributed by atoms with van der Waals surface area (Å²) in [5, 5.41) is 7.09. The summed E-state index contributed by atoms with van der Waals surface area (Å²) >= 11 is 18.1. The number of nitrogens with zero attached hydrogens (tertiary/aromatic N) is 3. The maximum atomic E-state index is 12.4. The molecule has 3 heterocycles. The van der Waals surface area contributed by atoms with Gasteiger partial charge < -0.3 is 25.0 Å². The van der Waals surface area contributed by atoms with Crippen LogP contribution < -0.4 is 25.0 Å². The number of hydrogen-bond acceptors (Lipinski definition) is 6. The van der Waals surface area contributed by atoms with Crippen molar-refractivity contribution in [1.29, 1.82) is 0 Å². The van der Waals surface area contributed by atoms with Crippen LogP contribution in [0.4, 0.5) is 24.7 Å². The Balaban J connectivity index is 1.43. The van der Waals surface area contributed by atoms with Crippen LogP contribution in [0.3, 0.4) is 0 Å². The molecule has 2 N–H and O–H groups in total. The summed E-state index contributed by atoms with van der Waals surface area (Å²) in [4.78, 5) is 10.5. The molecule has 7 nitrogen and oxygen atoms in total. The van der Waals surface area contributed by atoms with Gasteiger partial charge in [-0.05, 0) is 49.3 Å². The Hall–Kier alpha value is -3.02. The van der Waals surface area contributed by atoms with E-state index in [9.17, 15) is 13.2 Å². The predicted molar refractivity (Wildman–Crippen MR) is 136 cm³/mol. The molecule has 36 heavy (non-hydrogen) atoms. The van der Waals surface area contributed by atoms with Crippen molar-refractivity contribution in [3.8, 4) is 17.2 Å². The first-order valence-electron chi connectivity index (χ1n) is 10.8. The number of aromatic nitrogens is 2. The first-order chi connectivity index (χ1) is 17.2. The van der Waals surface area contributed by atoms with Crippen LogP contribution >= 0.6 is 35.4 Å². The molecule has 0 radical (unpaired) electrons. The van der Waals surface area contributed by atoms with Crippen LogP contribution in [0.1, 0.15) is 12.8 Å². The highest BCUT2D eigenvalue weighted by molar-refractivity contribution is 7.80. The Morgan fingerprint density at radius 2 is 1.97 bits per heavy atom. The van der Waals surface area contributed by atoms with Crippen LogP contribution in [-0.2, 0) is 0 Å². The Labute approximate surface area is 220 Å². The Morgan fingerprint density at radius 3 is 2.69 bits per heavy atom. The minimum absolute atomic E-state index is 0.0495. The van der Waals surface area contributed by atoms with E-state index in [0.717, 1.165) is 37.2 Å². The van der Waals surface area contributed by atoms with Gasteiger partial charge in [-0.3, -0.25) is 4.98 Å². The fraction of sp³-hybridized carbons (Fsp3) is 0.261. The lowest BCUT2D eigenvalue weighted by molar-refractivity contribution is -0.274. The van der Waals surface area contributed by atoms with E-state index >= 15 is 0 Å². The summed E-state index contributed by atoms with van der Waals surface area (Å²) in [6.45, 7) is 1.32. The number of thiocarbonyl (C=S) groups is 1. The molecule has 4 rings (SSSR count). The average Bonchev–Trinajstić information content (AvgIpc) is 2.82. The summed E-state index contributed by atoms with van der Waals surface area (Å²) < 4.78 is 47.0. The van der Waals surface area contributed by atoms with Gasteiger partial charge >= 0.3 is 6.36 Å². The normalized spacial score (nSPS) is 15.8. The van der Waals surface area contributed by atoms with Crippen LogP contribution in [0, 0.1) is 0 Å². The van der Waals surface area contributed by atoms with Crippen LogP contribution in [0.2, 0.25) is 10.0 Å². The molecule has 1 aliphatic heterocycles. The Morgan fingerprint density at radius 1 is 1.14 bits per heavy atom. The average molecular weight is 558 g/mol. The minimum atomic E-state index is -4.82. The number of halogens is 5. The lowest BCUT2D eigenvalue weighted by Gasteiger charge is -2.35. The molecule has 13 heteroatoms. The Bertz CT molecular complexity index is 1220. The van der Waals surface area contributed by atoms with E-state index in [4.69, 9.17) is 40.2 Å². The molecule has 1 atom stereocenters. The minimum Gasteiger partial charge on any atom is -0.454 e. The zero-order chi connectivity index (χ0) is 25.7. The van der Waals surface area contributed by atoms with Gasteiger partial charge in [-0.25, -0.2) is 4.98 Å². The lowest BCUT2D eigenvalue weighted by atomic mass is 10.1. The van der Waals surface area contributed by atoms with Crippen LogP contribution in [0.15, 0.2) is 55.0 Å². The summed E-state index contributed by atoms with van der Waals surface area (Å²) in [5.41, 5.74) is 0.786. The number of hydrogen-bond donors (Lipinski definition) is 2. The number of pyridine rings is 2. The quantitative estimate of drug-likeness (QED) is 0.336. The van der Waals surface area contributed by atoms with Crippen molar-refractivity contribution in [3.63, 3.8) is 0 Å². The summed E-state index contributed by atoms with van der Waals surface area (Å²) in [6, 6.07) is 8.68. The van der Waals surface area contributed by atoms with Crippen molar-refractivity contribution in [2.24, 2.45) is 0 Å². The Kier molecular flexibility index (Phi) is 8.22. The largest absolute Gasteiger partial charge is 0.573 e. The number of rotatable bonds is 6. The highest BCUT2D eigenvalue weighted by Crippen LogP contribution is 2.39. The number of nitrogens with one attached hydrogen (secondary N) is 2. The van der Waals surface area contributed by atoms with Gasteiger partial charge in [0.1, 0.15) is 16.5 Å². The number of ether oxygens (including phenoxy) is 2. The van der Waals surface area contributed by atoms with Gasteiger partial charge in [-0.2, -0.15) is 0 Å². The smallest absolute Gasteiger partial charge is 0.454 e. The van der Waals surface area contributed by atoms with E-state index < -0.39 is 12.1 Å². The van der Waals surface area contributed by atoms with E-state index in [-0.39, 0.29) is 27.6 Å². The molecule has 1 aliphatic rings. The molecular weight excluding hydrogens is 538 g/mol. The molecule has 0 spiro atoms. The van der Waals surface area contributed by atoms with Crippen LogP contribution in [0.5, 0.6) is 17.2 Å². The maximum Gasteiger partial charge on any atom is 0.573 e. The monoisotopic (exact) mass is 557 g/mol. The lowest BCUT2D eigenvalue weighted by Crippen LogP contribution is -2.49. The second kappa shape index (κ2) is 11.4. The third-order valence-electron chi connectivity index (χ3n) is 5.17. The summed E-state index contributed by atoms with van der Waals surface area (Å²) in [6.07, 6.45) is 1.86. The van der Waals surface area contributed by atoms with E-state index in [0.29, 0.717) is 17.5 Å². The van der Waals surface area contributed by atoms with Crippen molar-refractivity contribution >= 4 is 52.0 Å². The van der Waals surface area contributed by atoms with Crippen LogP contribution in [0.25, 0.3) is 0 Å². The molecule has 0 saturated carbocycles. The van der Waals surface area contributed by atoms with Gasteiger partial charge in [-0.15, -0.1) is 13.2 Å². The van der Waals surface area contributed by atoms with E-state index in [2.05, 4.69) is 25.3 Å². The third kappa shape index (κ3) is 7.02. The molecule has 2 aromatic heterocycles. The molecular formula is C23H20Cl2F3N5O2S. The van der Waals surface area contributed by atoms with E-state index in [1.165, 1.54) is 12.3 Å². The van der Waals surface area contributed by atoms with Gasteiger partial charge in [0, 0.05) is 43.7 Å². The summed E-state index contributed by atoms with van der Waals surface area (Å²) in [5.74, 6) is 0.441. The van der Waals surface area contributed by atoms with Crippen molar-refractivity contribution in [1.82, 2.24) is 15.3 Å². The number of anilines is 2. The second-order valence-electron chi connectivity index (χ2n) is 7.81. The van der Waals surface area contributed by atoms with Gasteiger partial charge in [-0.1, -0.05) is 23.2 Å². The summed E-state index contributed by atoms with van der Waals surface area (Å²) in [7, 11) is 0. The van der Waals surface area contributed by atoms with E-state index in [1.54, 1.807) is 18.5 Å². The van der Waals surface area contributed by atoms with Crippen LogP contribution in [-0.4, -0.2) is 40.6 Å². The first kappa shape index (κ1) is 26.1.